The molecule has 2 atom stereocenters. The van der Waals surface area contributed by atoms with Gasteiger partial charge in [-0.2, -0.15) is 0 Å². The highest BCUT2D eigenvalue weighted by Gasteiger charge is 2.16. The Bertz CT molecular complexity index is 380. The third kappa shape index (κ3) is 15.0. The van der Waals surface area contributed by atoms with E-state index in [4.69, 9.17) is 0 Å². The second-order valence-corrected chi connectivity index (χ2v) is 11.8. The number of rotatable bonds is 9. The average Bonchev–Trinajstić information content (AvgIpc) is 2.85. The van der Waals surface area contributed by atoms with E-state index in [2.05, 4.69) is 12.2 Å². The van der Waals surface area contributed by atoms with Crippen LogP contribution >= 0.6 is 0 Å². The summed E-state index contributed by atoms with van der Waals surface area (Å²) in [5.74, 6) is 1.92. The highest BCUT2D eigenvalue weighted by atomic mass is 14.9. The van der Waals surface area contributed by atoms with Crippen molar-refractivity contribution in [2.24, 2.45) is 11.8 Å². The van der Waals surface area contributed by atoms with Crippen LogP contribution in [0.25, 0.3) is 0 Å². The number of hydrogen-bond acceptors (Lipinski definition) is 1. The van der Waals surface area contributed by atoms with Gasteiger partial charge in [0.25, 0.3) is 0 Å². The maximum atomic E-state index is 3.99. The topological polar surface area (TPSA) is 12.0 Å². The Morgan fingerprint density at radius 2 is 0.906 bits per heavy atom. The maximum absolute atomic E-state index is 3.99. The van der Waals surface area contributed by atoms with E-state index in [9.17, 15) is 0 Å². The molecule has 2 unspecified atom stereocenters. The first-order valence-electron chi connectivity index (χ1n) is 15.6. The summed E-state index contributed by atoms with van der Waals surface area (Å²) in [7, 11) is 0. The van der Waals surface area contributed by atoms with Crippen LogP contribution in [-0.2, 0) is 0 Å². The monoisotopic (exact) mass is 447 g/mol. The van der Waals surface area contributed by atoms with Crippen molar-refractivity contribution < 1.29 is 0 Å². The third-order valence-corrected chi connectivity index (χ3v) is 8.78. The maximum Gasteiger partial charge on any atom is 0.00926 e. The van der Waals surface area contributed by atoms with Gasteiger partial charge in [-0.1, -0.05) is 155 Å². The first-order valence-corrected chi connectivity index (χ1v) is 15.6. The second-order valence-electron chi connectivity index (χ2n) is 11.8. The fourth-order valence-corrected chi connectivity index (χ4v) is 6.42. The summed E-state index contributed by atoms with van der Waals surface area (Å²) in [5.41, 5.74) is 0. The van der Waals surface area contributed by atoms with Crippen LogP contribution < -0.4 is 5.32 Å². The first kappa shape index (κ1) is 28.2. The molecular formula is C31H61N. The van der Waals surface area contributed by atoms with Crippen LogP contribution in [0.4, 0.5) is 0 Å². The van der Waals surface area contributed by atoms with Gasteiger partial charge in [0.05, 0.1) is 0 Å². The van der Waals surface area contributed by atoms with Crippen LogP contribution in [0.1, 0.15) is 174 Å². The molecule has 2 aliphatic carbocycles. The molecule has 0 aromatic carbocycles. The van der Waals surface area contributed by atoms with Crippen molar-refractivity contribution in [3.05, 3.63) is 0 Å². The lowest BCUT2D eigenvalue weighted by Gasteiger charge is -2.26. The van der Waals surface area contributed by atoms with Gasteiger partial charge in [0.2, 0.25) is 0 Å². The van der Waals surface area contributed by atoms with E-state index in [0.29, 0.717) is 0 Å². The standard InChI is InChI=1S/C31H61N/c1-29-23-17-11-6-2-5-9-15-21-27-31(29)32-28-22-16-10-14-20-26-30-24-18-12-7-3-4-8-13-19-25-30/h29-32H,2-28H2,1H3. The molecule has 32 heavy (non-hydrogen) atoms. The zero-order valence-corrected chi connectivity index (χ0v) is 22.3. The van der Waals surface area contributed by atoms with E-state index in [1.807, 2.05) is 0 Å². The van der Waals surface area contributed by atoms with Crippen molar-refractivity contribution in [3.8, 4) is 0 Å². The first-order chi connectivity index (χ1) is 15.9. The van der Waals surface area contributed by atoms with Gasteiger partial charge in [-0.15, -0.1) is 0 Å². The van der Waals surface area contributed by atoms with Gasteiger partial charge in [0.1, 0.15) is 0 Å². The lowest BCUT2D eigenvalue weighted by Crippen LogP contribution is -2.35. The molecule has 2 rings (SSSR count). The molecule has 0 radical (unpaired) electrons. The molecule has 1 N–H and O–H groups in total. The van der Waals surface area contributed by atoms with Gasteiger partial charge >= 0.3 is 0 Å². The predicted molar refractivity (Wildman–Crippen MR) is 144 cm³/mol. The van der Waals surface area contributed by atoms with Gasteiger partial charge in [-0.3, -0.25) is 0 Å². The normalized spacial score (nSPS) is 26.5. The van der Waals surface area contributed by atoms with E-state index < -0.39 is 0 Å². The number of nitrogens with one attached hydrogen (secondary N) is 1. The van der Waals surface area contributed by atoms with Crippen LogP contribution in [-0.4, -0.2) is 12.6 Å². The molecule has 1 heteroatoms. The zero-order chi connectivity index (χ0) is 22.5. The Hall–Kier alpha value is -0.0400. The Morgan fingerprint density at radius 3 is 1.50 bits per heavy atom. The molecule has 0 aromatic rings. The van der Waals surface area contributed by atoms with Crippen molar-refractivity contribution in [2.75, 3.05) is 6.54 Å². The molecule has 190 valence electrons. The van der Waals surface area contributed by atoms with Gasteiger partial charge in [-0.25, -0.2) is 0 Å². The molecule has 0 spiro atoms. The van der Waals surface area contributed by atoms with Crippen molar-refractivity contribution >= 4 is 0 Å². The average molecular weight is 448 g/mol. The lowest BCUT2D eigenvalue weighted by atomic mass is 9.89. The summed E-state index contributed by atoms with van der Waals surface area (Å²) in [6.07, 6.45) is 38.5. The highest BCUT2D eigenvalue weighted by Crippen LogP contribution is 2.26. The summed E-state index contributed by atoms with van der Waals surface area (Å²) in [6, 6.07) is 0.784. The third-order valence-electron chi connectivity index (χ3n) is 8.78. The van der Waals surface area contributed by atoms with Crippen molar-refractivity contribution in [1.29, 1.82) is 0 Å². The van der Waals surface area contributed by atoms with Crippen LogP contribution in [0.15, 0.2) is 0 Å². The molecular weight excluding hydrogens is 386 g/mol. The van der Waals surface area contributed by atoms with E-state index >= 15 is 0 Å². The Morgan fingerprint density at radius 1 is 0.469 bits per heavy atom. The Balaban J connectivity index is 1.50. The summed E-state index contributed by atoms with van der Waals surface area (Å²) in [5, 5.41) is 3.99. The zero-order valence-electron chi connectivity index (χ0n) is 22.3. The Labute approximate surface area is 203 Å². The predicted octanol–water partition coefficient (Wildman–Crippen LogP) is 10.4. The molecule has 2 aliphatic rings. The van der Waals surface area contributed by atoms with Crippen LogP contribution in [0.2, 0.25) is 0 Å². The van der Waals surface area contributed by atoms with Gasteiger partial charge in [0.15, 0.2) is 0 Å². The van der Waals surface area contributed by atoms with Gasteiger partial charge in [0, 0.05) is 6.04 Å². The van der Waals surface area contributed by atoms with E-state index in [-0.39, 0.29) is 0 Å². The van der Waals surface area contributed by atoms with Gasteiger partial charge in [-0.05, 0) is 37.6 Å². The smallest absolute Gasteiger partial charge is 0.00926 e. The molecule has 2 fully saturated rings. The lowest BCUT2D eigenvalue weighted by molar-refractivity contribution is 0.314. The van der Waals surface area contributed by atoms with E-state index in [0.717, 1.165) is 17.9 Å². The van der Waals surface area contributed by atoms with Crippen molar-refractivity contribution in [3.63, 3.8) is 0 Å². The summed E-state index contributed by atoms with van der Waals surface area (Å²) in [6.45, 7) is 3.78. The summed E-state index contributed by atoms with van der Waals surface area (Å²) in [4.78, 5) is 0. The highest BCUT2D eigenvalue weighted by molar-refractivity contribution is 4.74. The van der Waals surface area contributed by atoms with Crippen molar-refractivity contribution in [1.82, 2.24) is 5.32 Å². The Kier molecular flexibility index (Phi) is 17.9. The summed E-state index contributed by atoms with van der Waals surface area (Å²) >= 11 is 0. The van der Waals surface area contributed by atoms with E-state index in [1.54, 1.807) is 0 Å². The molecule has 0 amide bonds. The van der Waals surface area contributed by atoms with E-state index in [1.165, 1.54) is 173 Å². The SMILES string of the molecule is CC1CCCCCCCCCCC1NCCCCCCCC1CCCCCCCCCC1. The minimum absolute atomic E-state index is 0.784. The fourth-order valence-electron chi connectivity index (χ4n) is 6.42. The molecule has 0 saturated heterocycles. The van der Waals surface area contributed by atoms with Crippen LogP contribution in [0, 0.1) is 11.8 Å². The second kappa shape index (κ2) is 20.3. The minimum atomic E-state index is 0.784. The van der Waals surface area contributed by atoms with Crippen LogP contribution in [0.5, 0.6) is 0 Å². The molecule has 0 bridgehead atoms. The summed E-state index contributed by atoms with van der Waals surface area (Å²) < 4.78 is 0. The van der Waals surface area contributed by atoms with Gasteiger partial charge < -0.3 is 5.32 Å². The van der Waals surface area contributed by atoms with Crippen molar-refractivity contribution in [2.45, 2.75) is 180 Å². The molecule has 0 aromatic heterocycles. The number of unbranched alkanes of at least 4 members (excludes halogenated alkanes) is 4. The molecule has 2 saturated carbocycles. The molecule has 1 nitrogen and oxygen atoms in total. The molecule has 0 aliphatic heterocycles. The minimum Gasteiger partial charge on any atom is -0.314 e. The fraction of sp³-hybridized carbons (Fsp3) is 1.00. The number of hydrogen-bond donors (Lipinski definition) is 1. The largest absolute Gasteiger partial charge is 0.314 e. The van der Waals surface area contributed by atoms with Crippen LogP contribution in [0.3, 0.4) is 0 Å². The quantitative estimate of drug-likeness (QED) is 0.346. The molecule has 0 heterocycles.